The quantitative estimate of drug-likeness (QED) is 0.614. The first-order valence-corrected chi connectivity index (χ1v) is 8.52. The van der Waals surface area contributed by atoms with E-state index in [1.165, 1.54) is 31.0 Å². The summed E-state index contributed by atoms with van der Waals surface area (Å²) in [6.45, 7) is 2.29. The number of ether oxygens (including phenoxy) is 1. The highest BCUT2D eigenvalue weighted by Gasteiger charge is 2.32. The number of pyridine rings is 1. The largest absolute Gasteiger partial charge is 0.573 e. The minimum Gasteiger partial charge on any atom is -0.404 e. The molecule has 0 aliphatic carbocycles. The predicted octanol–water partition coefficient (Wildman–Crippen LogP) is 3.51. The van der Waals surface area contributed by atoms with Crippen molar-refractivity contribution in [1.82, 2.24) is 4.98 Å². The first-order valence-electron chi connectivity index (χ1n) is 8.52. The molecule has 0 amide bonds. The summed E-state index contributed by atoms with van der Waals surface area (Å²) in [5.74, 6) is 0.543. The molecule has 1 aliphatic rings. The standard InChI is InChI=1S/C18H20F3N5O/c19-18(20,21)27-15-6-2-1-5-14(15)25-17(22)24-12-13-7-8-16(23-11-13)26-9-3-4-10-26/h1-2,5-8,11H,3-4,9-10,12H2,(H3,22,24,25). The van der Waals surface area contributed by atoms with Crippen molar-refractivity contribution in [2.24, 2.45) is 10.7 Å². The average molecular weight is 379 g/mol. The number of benzene rings is 1. The van der Waals surface area contributed by atoms with Crippen molar-refractivity contribution in [2.45, 2.75) is 25.7 Å². The molecular formula is C18H20F3N5O. The Morgan fingerprint density at radius 3 is 2.59 bits per heavy atom. The van der Waals surface area contributed by atoms with Crippen LogP contribution in [0.5, 0.6) is 5.75 Å². The molecule has 1 saturated heterocycles. The van der Waals surface area contributed by atoms with Gasteiger partial charge >= 0.3 is 6.36 Å². The molecule has 0 bridgehead atoms. The van der Waals surface area contributed by atoms with Crippen LogP contribution in [-0.4, -0.2) is 30.4 Å². The summed E-state index contributed by atoms with van der Waals surface area (Å²) >= 11 is 0. The molecule has 2 heterocycles. The zero-order valence-corrected chi connectivity index (χ0v) is 14.5. The number of aliphatic imine (C=N–C) groups is 1. The lowest BCUT2D eigenvalue weighted by molar-refractivity contribution is -0.274. The number of guanidine groups is 1. The molecule has 144 valence electrons. The van der Waals surface area contributed by atoms with E-state index in [0.29, 0.717) is 0 Å². The van der Waals surface area contributed by atoms with Crippen LogP contribution in [0.2, 0.25) is 0 Å². The van der Waals surface area contributed by atoms with Gasteiger partial charge < -0.3 is 20.7 Å². The third-order valence-corrected chi connectivity index (χ3v) is 4.05. The highest BCUT2D eigenvalue weighted by molar-refractivity contribution is 5.93. The normalized spacial score (nSPS) is 15.1. The first-order chi connectivity index (χ1) is 12.9. The highest BCUT2D eigenvalue weighted by atomic mass is 19.4. The number of nitrogens with zero attached hydrogens (tertiary/aromatic N) is 3. The van der Waals surface area contributed by atoms with Crippen LogP contribution >= 0.6 is 0 Å². The molecule has 3 rings (SSSR count). The monoisotopic (exact) mass is 379 g/mol. The van der Waals surface area contributed by atoms with E-state index >= 15 is 0 Å². The fourth-order valence-corrected chi connectivity index (χ4v) is 2.78. The third kappa shape index (κ3) is 5.50. The van der Waals surface area contributed by atoms with Gasteiger partial charge in [0.05, 0.1) is 12.2 Å². The van der Waals surface area contributed by atoms with E-state index in [1.807, 2.05) is 12.1 Å². The van der Waals surface area contributed by atoms with Gasteiger partial charge in [-0.05, 0) is 36.6 Å². The van der Waals surface area contributed by atoms with Crippen molar-refractivity contribution in [2.75, 3.05) is 23.3 Å². The van der Waals surface area contributed by atoms with Gasteiger partial charge in [0.15, 0.2) is 11.7 Å². The Balaban J connectivity index is 1.61. The number of alkyl halides is 3. The van der Waals surface area contributed by atoms with Crippen molar-refractivity contribution in [3.63, 3.8) is 0 Å². The van der Waals surface area contributed by atoms with E-state index in [4.69, 9.17) is 5.73 Å². The number of anilines is 2. The Morgan fingerprint density at radius 1 is 1.19 bits per heavy atom. The zero-order valence-electron chi connectivity index (χ0n) is 14.5. The molecule has 0 radical (unpaired) electrons. The number of aromatic nitrogens is 1. The number of hydrogen-bond acceptors (Lipinski definition) is 4. The number of nitrogens with one attached hydrogen (secondary N) is 1. The van der Waals surface area contributed by atoms with Crippen molar-refractivity contribution in [1.29, 1.82) is 0 Å². The minimum atomic E-state index is -4.79. The minimum absolute atomic E-state index is 0.0168. The van der Waals surface area contributed by atoms with E-state index in [9.17, 15) is 13.2 Å². The van der Waals surface area contributed by atoms with Gasteiger partial charge in [0.25, 0.3) is 0 Å². The fourth-order valence-electron chi connectivity index (χ4n) is 2.78. The van der Waals surface area contributed by atoms with Crippen molar-refractivity contribution in [3.8, 4) is 5.75 Å². The fraction of sp³-hybridized carbons (Fsp3) is 0.333. The van der Waals surface area contributed by atoms with Crippen molar-refractivity contribution < 1.29 is 17.9 Å². The summed E-state index contributed by atoms with van der Waals surface area (Å²) in [5, 5.41) is 2.63. The maximum absolute atomic E-state index is 12.5. The van der Waals surface area contributed by atoms with Gasteiger partial charge in [-0.25, -0.2) is 9.98 Å². The maximum Gasteiger partial charge on any atom is 0.573 e. The van der Waals surface area contributed by atoms with Crippen LogP contribution in [0.3, 0.4) is 0 Å². The highest BCUT2D eigenvalue weighted by Crippen LogP contribution is 2.29. The van der Waals surface area contributed by atoms with E-state index in [2.05, 4.69) is 24.9 Å². The Bertz CT molecular complexity index is 786. The van der Waals surface area contributed by atoms with Gasteiger partial charge in [0.2, 0.25) is 0 Å². The lowest BCUT2D eigenvalue weighted by atomic mass is 10.3. The van der Waals surface area contributed by atoms with E-state index in [-0.39, 0.29) is 23.9 Å². The van der Waals surface area contributed by atoms with Crippen LogP contribution in [0, 0.1) is 0 Å². The van der Waals surface area contributed by atoms with Gasteiger partial charge in [-0.3, -0.25) is 0 Å². The van der Waals surface area contributed by atoms with Crippen molar-refractivity contribution in [3.05, 3.63) is 48.2 Å². The van der Waals surface area contributed by atoms with E-state index in [1.54, 1.807) is 12.3 Å². The molecule has 0 unspecified atom stereocenters. The van der Waals surface area contributed by atoms with Gasteiger partial charge in [0.1, 0.15) is 5.82 Å². The molecule has 1 aliphatic heterocycles. The van der Waals surface area contributed by atoms with Gasteiger partial charge in [0, 0.05) is 19.3 Å². The molecule has 6 nitrogen and oxygen atoms in total. The Morgan fingerprint density at radius 2 is 1.93 bits per heavy atom. The molecule has 0 atom stereocenters. The number of halogens is 3. The smallest absolute Gasteiger partial charge is 0.404 e. The Hall–Kier alpha value is -2.97. The Labute approximate surface area is 154 Å². The SMILES string of the molecule is NC(=NCc1ccc(N2CCCC2)nc1)Nc1ccccc1OC(F)(F)F. The average Bonchev–Trinajstić information content (AvgIpc) is 3.16. The molecule has 9 heteroatoms. The zero-order chi connectivity index (χ0) is 19.3. The maximum atomic E-state index is 12.5. The second-order valence-corrected chi connectivity index (χ2v) is 6.09. The van der Waals surface area contributed by atoms with Gasteiger partial charge in [-0.1, -0.05) is 18.2 Å². The van der Waals surface area contributed by atoms with Crippen LogP contribution in [0.4, 0.5) is 24.7 Å². The summed E-state index contributed by atoms with van der Waals surface area (Å²) in [7, 11) is 0. The molecule has 0 saturated carbocycles. The molecular weight excluding hydrogens is 359 g/mol. The first kappa shape index (κ1) is 18.8. The summed E-state index contributed by atoms with van der Waals surface area (Å²) in [4.78, 5) is 10.8. The summed E-state index contributed by atoms with van der Waals surface area (Å²) in [6.07, 6.45) is -0.706. The number of para-hydroxylation sites is 2. The lowest BCUT2D eigenvalue weighted by Gasteiger charge is -2.16. The molecule has 0 spiro atoms. The number of nitrogens with two attached hydrogens (primary N) is 1. The van der Waals surface area contributed by atoms with Gasteiger partial charge in [-0.15, -0.1) is 13.2 Å². The summed E-state index contributed by atoms with van der Waals surface area (Å²) in [6, 6.07) is 9.48. The van der Waals surface area contributed by atoms with E-state index < -0.39 is 6.36 Å². The van der Waals surface area contributed by atoms with E-state index in [0.717, 1.165) is 24.5 Å². The number of rotatable bonds is 5. The molecule has 3 N–H and O–H groups in total. The van der Waals surface area contributed by atoms with Crippen LogP contribution < -0.4 is 20.7 Å². The summed E-state index contributed by atoms with van der Waals surface area (Å²) in [5.41, 5.74) is 6.72. The second kappa shape index (κ2) is 8.15. The molecule has 1 aromatic heterocycles. The molecule has 2 aromatic rings. The Kier molecular flexibility index (Phi) is 5.68. The second-order valence-electron chi connectivity index (χ2n) is 6.09. The van der Waals surface area contributed by atoms with Crippen LogP contribution in [0.25, 0.3) is 0 Å². The topological polar surface area (TPSA) is 75.8 Å². The van der Waals surface area contributed by atoms with Crippen molar-refractivity contribution >= 4 is 17.5 Å². The molecule has 1 aromatic carbocycles. The predicted molar refractivity (Wildman–Crippen MR) is 97.8 cm³/mol. The van der Waals surface area contributed by atoms with Crippen LogP contribution in [0.15, 0.2) is 47.6 Å². The third-order valence-electron chi connectivity index (χ3n) is 4.05. The number of hydrogen-bond donors (Lipinski definition) is 2. The van der Waals surface area contributed by atoms with Crippen LogP contribution in [0.1, 0.15) is 18.4 Å². The lowest BCUT2D eigenvalue weighted by Crippen LogP contribution is -2.24. The van der Waals surface area contributed by atoms with Crippen LogP contribution in [-0.2, 0) is 6.54 Å². The van der Waals surface area contributed by atoms with Gasteiger partial charge in [-0.2, -0.15) is 0 Å². The molecule has 1 fully saturated rings. The molecule has 27 heavy (non-hydrogen) atoms. The summed E-state index contributed by atoms with van der Waals surface area (Å²) < 4.78 is 41.3.